The minimum Gasteiger partial charge on any atom is -0.481 e. The first-order valence-corrected chi connectivity index (χ1v) is 12.0. The van der Waals surface area contributed by atoms with Gasteiger partial charge in [0.15, 0.2) is 5.13 Å². The molecule has 1 amide bonds. The number of nitrogens with one attached hydrogen (secondary N) is 2. The summed E-state index contributed by atoms with van der Waals surface area (Å²) in [4.78, 5) is 37.1. The standard InChI is InChI=1S/C23H27ClN6O3S/c1-14-8-4-5-10-17(14)30(24)21(31)18-13-26-23(34-18)29-20-12-19(27-16(3)28-20)25-11-7-6-9-15(2)22(32)33/h4-5,8,10,12-13,15H,6-7,9,11H2,1-3H3,(H,32,33)(H2,25,26,27,28,29). The Bertz CT molecular complexity index is 1160. The van der Waals surface area contributed by atoms with E-state index >= 15 is 0 Å². The Morgan fingerprint density at radius 2 is 1.91 bits per heavy atom. The number of aromatic nitrogens is 3. The molecule has 1 unspecified atom stereocenters. The molecule has 2 aromatic heterocycles. The summed E-state index contributed by atoms with van der Waals surface area (Å²) in [6, 6.07) is 9.14. The molecule has 2 heterocycles. The third-order valence-corrected chi connectivity index (χ3v) is 6.32. The smallest absolute Gasteiger partial charge is 0.306 e. The highest BCUT2D eigenvalue weighted by Crippen LogP contribution is 2.28. The number of nitrogens with zero attached hydrogens (tertiary/aromatic N) is 4. The van der Waals surface area contributed by atoms with Crippen LogP contribution in [0.15, 0.2) is 36.5 Å². The lowest BCUT2D eigenvalue weighted by atomic mass is 10.0. The van der Waals surface area contributed by atoms with Crippen molar-refractivity contribution in [2.45, 2.75) is 40.0 Å². The van der Waals surface area contributed by atoms with Crippen molar-refractivity contribution >= 4 is 57.4 Å². The van der Waals surface area contributed by atoms with E-state index in [0.29, 0.717) is 46.1 Å². The van der Waals surface area contributed by atoms with Gasteiger partial charge in [-0.25, -0.2) is 19.4 Å². The average Bonchev–Trinajstić information content (AvgIpc) is 3.26. The zero-order chi connectivity index (χ0) is 24.7. The fourth-order valence-electron chi connectivity index (χ4n) is 3.17. The van der Waals surface area contributed by atoms with E-state index in [-0.39, 0.29) is 11.8 Å². The van der Waals surface area contributed by atoms with Gasteiger partial charge in [0, 0.05) is 24.4 Å². The number of benzene rings is 1. The van der Waals surface area contributed by atoms with Crippen LogP contribution >= 0.6 is 23.1 Å². The highest BCUT2D eigenvalue weighted by atomic mass is 35.5. The van der Waals surface area contributed by atoms with Crippen LogP contribution in [0.25, 0.3) is 0 Å². The topological polar surface area (TPSA) is 120 Å². The van der Waals surface area contributed by atoms with Crippen LogP contribution in [0.4, 0.5) is 22.5 Å². The third kappa shape index (κ3) is 6.88. The van der Waals surface area contributed by atoms with Gasteiger partial charge >= 0.3 is 5.97 Å². The lowest BCUT2D eigenvalue weighted by Crippen LogP contribution is -2.20. The molecule has 0 aliphatic heterocycles. The molecule has 0 saturated carbocycles. The lowest BCUT2D eigenvalue weighted by molar-refractivity contribution is -0.141. The number of carbonyl (C=O) groups excluding carboxylic acids is 1. The second-order valence-electron chi connectivity index (χ2n) is 7.87. The van der Waals surface area contributed by atoms with E-state index in [1.165, 1.54) is 17.5 Å². The minimum absolute atomic E-state index is 0.338. The second-order valence-corrected chi connectivity index (χ2v) is 9.24. The molecule has 0 radical (unpaired) electrons. The van der Waals surface area contributed by atoms with Crippen LogP contribution < -0.4 is 15.1 Å². The van der Waals surface area contributed by atoms with Gasteiger partial charge < -0.3 is 15.7 Å². The van der Waals surface area contributed by atoms with E-state index in [0.717, 1.165) is 22.8 Å². The molecule has 0 spiro atoms. The zero-order valence-electron chi connectivity index (χ0n) is 19.2. The van der Waals surface area contributed by atoms with Gasteiger partial charge in [0.25, 0.3) is 5.91 Å². The summed E-state index contributed by atoms with van der Waals surface area (Å²) in [5.41, 5.74) is 1.51. The summed E-state index contributed by atoms with van der Waals surface area (Å²) < 4.78 is 1.10. The average molecular weight is 503 g/mol. The number of aliphatic carboxylic acids is 1. The summed E-state index contributed by atoms with van der Waals surface area (Å²) in [7, 11) is 0. The van der Waals surface area contributed by atoms with Gasteiger partial charge in [-0.1, -0.05) is 42.9 Å². The number of thiazole rings is 1. The number of hydrogen-bond donors (Lipinski definition) is 3. The summed E-state index contributed by atoms with van der Waals surface area (Å²) >= 11 is 7.47. The molecule has 3 rings (SSSR count). The number of para-hydroxylation sites is 1. The van der Waals surface area contributed by atoms with E-state index in [2.05, 4.69) is 25.6 Å². The number of hydrogen-bond acceptors (Lipinski definition) is 8. The fraction of sp³-hybridized carbons (Fsp3) is 0.348. The molecule has 3 N–H and O–H groups in total. The predicted molar refractivity (Wildman–Crippen MR) is 135 cm³/mol. The molecule has 0 saturated heterocycles. The van der Waals surface area contributed by atoms with Crippen molar-refractivity contribution in [2.75, 3.05) is 21.6 Å². The Balaban J connectivity index is 1.59. The number of carboxylic acid groups (broad SMARTS) is 1. The summed E-state index contributed by atoms with van der Waals surface area (Å²) in [5, 5.41) is 15.8. The third-order valence-electron chi connectivity index (χ3n) is 5.09. The number of halogens is 1. The van der Waals surface area contributed by atoms with E-state index in [1.54, 1.807) is 26.0 Å². The Labute approximate surface area is 207 Å². The number of rotatable bonds is 11. The van der Waals surface area contributed by atoms with Gasteiger partial charge in [0.2, 0.25) is 0 Å². The molecule has 0 fully saturated rings. The Hall–Kier alpha value is -3.24. The summed E-state index contributed by atoms with van der Waals surface area (Å²) in [6.07, 6.45) is 3.76. The van der Waals surface area contributed by atoms with Gasteiger partial charge in [0.1, 0.15) is 22.3 Å². The predicted octanol–water partition coefficient (Wildman–Crippen LogP) is 5.40. The van der Waals surface area contributed by atoms with E-state index in [1.807, 2.05) is 25.1 Å². The number of unbranched alkanes of at least 4 members (excludes halogenated alkanes) is 1. The number of anilines is 4. The molecular formula is C23H27ClN6O3S. The van der Waals surface area contributed by atoms with Crippen molar-refractivity contribution in [2.24, 2.45) is 5.92 Å². The normalized spacial score (nSPS) is 11.6. The summed E-state index contributed by atoms with van der Waals surface area (Å²) in [6.45, 7) is 6.06. The molecule has 11 heteroatoms. The molecule has 9 nitrogen and oxygen atoms in total. The van der Waals surface area contributed by atoms with Gasteiger partial charge in [0.05, 0.1) is 17.8 Å². The molecule has 1 atom stereocenters. The Morgan fingerprint density at radius 3 is 2.65 bits per heavy atom. The lowest BCUT2D eigenvalue weighted by Gasteiger charge is -2.14. The van der Waals surface area contributed by atoms with Crippen LogP contribution in [0.3, 0.4) is 0 Å². The van der Waals surface area contributed by atoms with Crippen LogP contribution in [0.1, 0.15) is 47.2 Å². The monoisotopic (exact) mass is 502 g/mol. The molecule has 180 valence electrons. The first-order chi connectivity index (χ1) is 16.2. The highest BCUT2D eigenvalue weighted by Gasteiger charge is 2.20. The van der Waals surface area contributed by atoms with Crippen molar-refractivity contribution in [1.29, 1.82) is 0 Å². The number of amides is 1. The minimum atomic E-state index is -0.768. The number of carboxylic acids is 1. The fourth-order valence-corrected chi connectivity index (χ4v) is 4.25. The molecular weight excluding hydrogens is 476 g/mol. The zero-order valence-corrected chi connectivity index (χ0v) is 20.8. The van der Waals surface area contributed by atoms with Crippen molar-refractivity contribution in [1.82, 2.24) is 15.0 Å². The number of aryl methyl sites for hydroxylation is 2. The number of carbonyl (C=O) groups is 2. The van der Waals surface area contributed by atoms with Gasteiger partial charge in [-0.2, -0.15) is 0 Å². The Morgan fingerprint density at radius 1 is 1.18 bits per heavy atom. The highest BCUT2D eigenvalue weighted by molar-refractivity contribution is 7.17. The van der Waals surface area contributed by atoms with Gasteiger partial charge in [-0.3, -0.25) is 9.59 Å². The van der Waals surface area contributed by atoms with Crippen molar-refractivity contribution in [3.63, 3.8) is 0 Å². The van der Waals surface area contributed by atoms with Crippen molar-refractivity contribution in [3.8, 4) is 0 Å². The van der Waals surface area contributed by atoms with E-state index in [9.17, 15) is 9.59 Å². The Kier molecular flexibility index (Phi) is 8.78. The van der Waals surface area contributed by atoms with Crippen LogP contribution in [-0.2, 0) is 4.79 Å². The molecule has 1 aromatic carbocycles. The maximum Gasteiger partial charge on any atom is 0.306 e. The quantitative estimate of drug-likeness (QED) is 0.235. The van der Waals surface area contributed by atoms with Crippen LogP contribution in [-0.4, -0.2) is 38.5 Å². The van der Waals surface area contributed by atoms with Crippen LogP contribution in [0, 0.1) is 19.8 Å². The molecule has 34 heavy (non-hydrogen) atoms. The van der Waals surface area contributed by atoms with Gasteiger partial charge in [-0.05, 0) is 38.3 Å². The van der Waals surface area contributed by atoms with E-state index < -0.39 is 5.97 Å². The molecule has 0 aliphatic carbocycles. The van der Waals surface area contributed by atoms with Crippen molar-refractivity contribution < 1.29 is 14.7 Å². The van der Waals surface area contributed by atoms with Crippen molar-refractivity contribution in [3.05, 3.63) is 52.8 Å². The summed E-state index contributed by atoms with van der Waals surface area (Å²) in [5.74, 6) is 0.308. The first kappa shape index (κ1) is 25.4. The van der Waals surface area contributed by atoms with Crippen LogP contribution in [0.2, 0.25) is 0 Å². The van der Waals surface area contributed by atoms with Crippen LogP contribution in [0.5, 0.6) is 0 Å². The molecule has 3 aromatic rings. The first-order valence-electron chi connectivity index (χ1n) is 10.9. The largest absolute Gasteiger partial charge is 0.481 e. The van der Waals surface area contributed by atoms with E-state index in [4.69, 9.17) is 16.9 Å². The maximum atomic E-state index is 12.8. The van der Waals surface area contributed by atoms with Gasteiger partial charge in [-0.15, -0.1) is 0 Å². The maximum absolute atomic E-state index is 12.8. The SMILES string of the molecule is Cc1nc(NCCCCC(C)C(=O)O)cc(Nc2ncc(C(=O)N(Cl)c3ccccc3C)s2)n1. The second kappa shape index (κ2) is 11.8. The molecule has 0 bridgehead atoms. The molecule has 0 aliphatic rings.